The van der Waals surface area contributed by atoms with Crippen LogP contribution in [0.4, 0.5) is 5.69 Å². The van der Waals surface area contributed by atoms with Crippen LogP contribution in [0, 0.1) is 0 Å². The van der Waals surface area contributed by atoms with Crippen LogP contribution in [0.3, 0.4) is 0 Å². The zero-order chi connectivity index (χ0) is 20.6. The summed E-state index contributed by atoms with van der Waals surface area (Å²) in [5, 5.41) is 6.79. The number of carbonyl (C=O) groups is 1. The summed E-state index contributed by atoms with van der Waals surface area (Å²) in [6.07, 6.45) is 2.54. The van der Waals surface area contributed by atoms with Gasteiger partial charge in [0.1, 0.15) is 0 Å². The topological polar surface area (TPSA) is 82.7 Å². The smallest absolute Gasteiger partial charge is 0.248 e. The number of benzene rings is 2. The molecule has 1 aliphatic heterocycles. The number of hydrogen-bond acceptors (Lipinski definition) is 3. The molecule has 6 heteroatoms. The molecule has 1 saturated heterocycles. The van der Waals surface area contributed by atoms with Crippen LogP contribution in [0.5, 0.6) is 0 Å². The number of carbonyl (C=O) groups excluding carboxylic acids is 1. The van der Waals surface area contributed by atoms with E-state index in [2.05, 4.69) is 51.7 Å². The summed E-state index contributed by atoms with van der Waals surface area (Å²) >= 11 is 0. The van der Waals surface area contributed by atoms with Crippen molar-refractivity contribution in [3.63, 3.8) is 0 Å². The summed E-state index contributed by atoms with van der Waals surface area (Å²) in [6, 6.07) is 16.1. The van der Waals surface area contributed by atoms with Gasteiger partial charge in [0, 0.05) is 30.9 Å². The summed E-state index contributed by atoms with van der Waals surface area (Å²) in [6.45, 7) is 7.71. The van der Waals surface area contributed by atoms with Crippen LogP contribution >= 0.6 is 0 Å². The summed E-state index contributed by atoms with van der Waals surface area (Å²) in [7, 11) is 0. The molecule has 2 aromatic rings. The van der Waals surface area contributed by atoms with Gasteiger partial charge >= 0.3 is 0 Å². The molecule has 3 rings (SSSR count). The quantitative estimate of drug-likeness (QED) is 0.498. The lowest BCUT2D eigenvalue weighted by Crippen LogP contribution is -2.38. The number of anilines is 1. The number of rotatable bonds is 7. The number of aliphatic imine (C=N–C) groups is 1. The van der Waals surface area contributed by atoms with Crippen molar-refractivity contribution < 1.29 is 4.79 Å². The van der Waals surface area contributed by atoms with Crippen molar-refractivity contribution in [3.8, 4) is 0 Å². The zero-order valence-electron chi connectivity index (χ0n) is 17.3. The molecule has 4 N–H and O–H groups in total. The second kappa shape index (κ2) is 9.96. The van der Waals surface area contributed by atoms with Crippen LogP contribution in [0.2, 0.25) is 0 Å². The fourth-order valence-electron chi connectivity index (χ4n) is 3.57. The Morgan fingerprint density at radius 1 is 1.17 bits per heavy atom. The molecule has 0 aromatic heterocycles. The molecule has 0 saturated carbocycles. The Morgan fingerprint density at radius 3 is 2.66 bits per heavy atom. The van der Waals surface area contributed by atoms with Gasteiger partial charge in [0.2, 0.25) is 5.91 Å². The Balaban J connectivity index is 1.69. The van der Waals surface area contributed by atoms with Crippen LogP contribution in [0.15, 0.2) is 53.5 Å². The average molecular weight is 394 g/mol. The minimum atomic E-state index is -0.424. The van der Waals surface area contributed by atoms with Gasteiger partial charge in [-0.2, -0.15) is 0 Å². The van der Waals surface area contributed by atoms with Gasteiger partial charge in [-0.3, -0.25) is 4.79 Å². The highest BCUT2D eigenvalue weighted by Gasteiger charge is 2.14. The molecule has 0 aliphatic carbocycles. The molecule has 1 heterocycles. The van der Waals surface area contributed by atoms with Crippen LogP contribution in [-0.4, -0.2) is 31.5 Å². The van der Waals surface area contributed by atoms with Crippen molar-refractivity contribution in [1.82, 2.24) is 10.6 Å². The summed E-state index contributed by atoms with van der Waals surface area (Å²) < 4.78 is 0. The summed E-state index contributed by atoms with van der Waals surface area (Å²) in [4.78, 5) is 18.5. The molecular weight excluding hydrogens is 362 g/mol. The number of primary amides is 1. The highest BCUT2D eigenvalue weighted by molar-refractivity contribution is 5.92. The van der Waals surface area contributed by atoms with Gasteiger partial charge in [-0.25, -0.2) is 4.99 Å². The van der Waals surface area contributed by atoms with Crippen molar-refractivity contribution in [2.75, 3.05) is 24.5 Å². The van der Waals surface area contributed by atoms with Gasteiger partial charge in [0.15, 0.2) is 5.96 Å². The molecule has 1 aliphatic rings. The fraction of sp³-hybridized carbons (Fsp3) is 0.391. The predicted octanol–water partition coefficient (Wildman–Crippen LogP) is 3.20. The van der Waals surface area contributed by atoms with Crippen LogP contribution < -0.4 is 21.3 Å². The van der Waals surface area contributed by atoms with Crippen molar-refractivity contribution in [2.24, 2.45) is 10.7 Å². The number of guanidine groups is 1. The molecule has 29 heavy (non-hydrogen) atoms. The largest absolute Gasteiger partial charge is 0.372 e. The first kappa shape index (κ1) is 20.7. The lowest BCUT2D eigenvalue weighted by atomic mass is 10.1. The van der Waals surface area contributed by atoms with Crippen LogP contribution in [0.1, 0.15) is 54.2 Å². The lowest BCUT2D eigenvalue weighted by Gasteiger charge is -2.22. The molecule has 2 aromatic carbocycles. The fourth-order valence-corrected chi connectivity index (χ4v) is 3.57. The molecule has 1 atom stereocenters. The highest BCUT2D eigenvalue weighted by Crippen LogP contribution is 2.24. The van der Waals surface area contributed by atoms with Gasteiger partial charge in [-0.15, -0.1) is 0 Å². The third-order valence-corrected chi connectivity index (χ3v) is 5.17. The number of amides is 1. The predicted molar refractivity (Wildman–Crippen MR) is 119 cm³/mol. The van der Waals surface area contributed by atoms with Crippen LogP contribution in [-0.2, 0) is 6.54 Å². The van der Waals surface area contributed by atoms with E-state index in [1.807, 2.05) is 19.1 Å². The third-order valence-electron chi connectivity index (χ3n) is 5.17. The van der Waals surface area contributed by atoms with E-state index in [9.17, 15) is 4.79 Å². The molecule has 1 unspecified atom stereocenters. The molecule has 154 valence electrons. The number of nitrogens with two attached hydrogens (primary N) is 1. The molecule has 0 bridgehead atoms. The lowest BCUT2D eigenvalue weighted by molar-refractivity contribution is 0.1000. The van der Waals surface area contributed by atoms with Gasteiger partial charge in [-0.1, -0.05) is 24.3 Å². The van der Waals surface area contributed by atoms with Gasteiger partial charge in [0.25, 0.3) is 0 Å². The highest BCUT2D eigenvalue weighted by atomic mass is 16.1. The van der Waals surface area contributed by atoms with Crippen molar-refractivity contribution in [1.29, 1.82) is 0 Å². The normalized spacial score (nSPS) is 15.2. The average Bonchev–Trinajstić information content (AvgIpc) is 3.27. The molecule has 0 radical (unpaired) electrons. The van der Waals surface area contributed by atoms with E-state index in [0.29, 0.717) is 12.1 Å². The Bertz CT molecular complexity index is 858. The SMILES string of the molecule is CCNC(=NCc1cccc(C(N)=O)c1)NC(C)c1cccc(N2CCCC2)c1. The Morgan fingerprint density at radius 2 is 1.93 bits per heavy atom. The number of nitrogens with one attached hydrogen (secondary N) is 2. The zero-order valence-corrected chi connectivity index (χ0v) is 17.3. The van der Waals surface area contributed by atoms with Gasteiger partial charge in [0.05, 0.1) is 12.6 Å². The Kier molecular flexibility index (Phi) is 7.11. The molecular formula is C23H31N5O. The Labute approximate surface area is 173 Å². The van der Waals surface area contributed by atoms with E-state index < -0.39 is 5.91 Å². The van der Waals surface area contributed by atoms with Crippen molar-refractivity contribution in [3.05, 3.63) is 65.2 Å². The number of nitrogens with zero attached hydrogens (tertiary/aromatic N) is 2. The first-order valence-electron chi connectivity index (χ1n) is 10.4. The summed E-state index contributed by atoms with van der Waals surface area (Å²) in [5.41, 5.74) is 9.34. The maximum atomic E-state index is 11.4. The Hall–Kier alpha value is -3.02. The van der Waals surface area contributed by atoms with E-state index in [-0.39, 0.29) is 6.04 Å². The summed E-state index contributed by atoms with van der Waals surface area (Å²) in [5.74, 6) is 0.323. The molecule has 6 nitrogen and oxygen atoms in total. The molecule has 0 spiro atoms. The molecule has 1 amide bonds. The molecule has 1 fully saturated rings. The van der Waals surface area contributed by atoms with E-state index >= 15 is 0 Å². The van der Waals surface area contributed by atoms with Crippen LogP contribution in [0.25, 0.3) is 0 Å². The second-order valence-corrected chi connectivity index (χ2v) is 7.41. The van der Waals surface area contributed by atoms with Crippen molar-refractivity contribution in [2.45, 2.75) is 39.3 Å². The maximum absolute atomic E-state index is 11.4. The maximum Gasteiger partial charge on any atom is 0.248 e. The van der Waals surface area contributed by atoms with E-state index in [1.165, 1.54) is 24.1 Å². The monoisotopic (exact) mass is 393 g/mol. The minimum Gasteiger partial charge on any atom is -0.372 e. The van der Waals surface area contributed by atoms with E-state index in [0.717, 1.165) is 31.2 Å². The van der Waals surface area contributed by atoms with Crippen molar-refractivity contribution >= 4 is 17.6 Å². The second-order valence-electron chi connectivity index (χ2n) is 7.41. The first-order valence-corrected chi connectivity index (χ1v) is 10.4. The van der Waals surface area contributed by atoms with E-state index in [1.54, 1.807) is 12.1 Å². The number of hydrogen-bond donors (Lipinski definition) is 3. The van der Waals surface area contributed by atoms with Gasteiger partial charge < -0.3 is 21.3 Å². The first-order chi connectivity index (χ1) is 14.1. The third kappa shape index (κ3) is 5.73. The van der Waals surface area contributed by atoms with Gasteiger partial charge in [-0.05, 0) is 62.1 Å². The minimum absolute atomic E-state index is 0.118. The standard InChI is InChI=1S/C23H31N5O/c1-3-25-23(26-16-18-8-6-10-20(14-18)22(24)29)27-17(2)19-9-7-11-21(15-19)28-12-4-5-13-28/h6-11,14-15,17H,3-5,12-13,16H2,1-2H3,(H2,24,29)(H2,25,26,27). The van der Waals surface area contributed by atoms with E-state index in [4.69, 9.17) is 5.73 Å².